The number of hydrogen-bond donors (Lipinski definition) is 2. The van der Waals surface area contributed by atoms with E-state index in [9.17, 15) is 9.59 Å². The van der Waals surface area contributed by atoms with Gasteiger partial charge in [0.25, 0.3) is 0 Å². The van der Waals surface area contributed by atoms with Gasteiger partial charge >= 0.3 is 12.1 Å². The second-order valence-electron chi connectivity index (χ2n) is 5.47. The molecule has 0 heterocycles. The van der Waals surface area contributed by atoms with Crippen LogP contribution in [0.2, 0.25) is 0 Å². The molecule has 0 bridgehead atoms. The van der Waals surface area contributed by atoms with Crippen molar-refractivity contribution in [1.82, 2.24) is 10.6 Å². The van der Waals surface area contributed by atoms with Gasteiger partial charge < -0.3 is 20.1 Å². The Morgan fingerprint density at radius 3 is 2.33 bits per heavy atom. The van der Waals surface area contributed by atoms with E-state index in [2.05, 4.69) is 15.4 Å². The SMILES string of the molecule is COC(=O)CNC1CC(NC(=O)OC(C)(C)C)C1. The lowest BCUT2D eigenvalue weighted by Crippen LogP contribution is -2.53. The molecule has 0 aliphatic heterocycles. The molecule has 1 fully saturated rings. The fourth-order valence-corrected chi connectivity index (χ4v) is 1.68. The van der Waals surface area contributed by atoms with E-state index in [0.717, 1.165) is 12.8 Å². The van der Waals surface area contributed by atoms with Crippen LogP contribution in [0.1, 0.15) is 33.6 Å². The zero-order chi connectivity index (χ0) is 13.8. The van der Waals surface area contributed by atoms with Gasteiger partial charge in [-0.2, -0.15) is 0 Å². The quantitative estimate of drug-likeness (QED) is 0.730. The van der Waals surface area contributed by atoms with Crippen LogP contribution in [0.3, 0.4) is 0 Å². The summed E-state index contributed by atoms with van der Waals surface area (Å²) >= 11 is 0. The molecule has 0 aromatic heterocycles. The van der Waals surface area contributed by atoms with Crippen LogP contribution in [0, 0.1) is 0 Å². The standard InChI is InChI=1S/C12H22N2O4/c1-12(2,3)18-11(16)14-9-5-8(6-9)13-7-10(15)17-4/h8-9,13H,5-7H2,1-4H3,(H,14,16). The van der Waals surface area contributed by atoms with E-state index in [1.165, 1.54) is 7.11 Å². The summed E-state index contributed by atoms with van der Waals surface area (Å²) in [6, 6.07) is 0.374. The summed E-state index contributed by atoms with van der Waals surface area (Å²) in [6.07, 6.45) is 1.21. The maximum Gasteiger partial charge on any atom is 0.407 e. The van der Waals surface area contributed by atoms with Crippen molar-refractivity contribution < 1.29 is 19.1 Å². The van der Waals surface area contributed by atoms with Crippen molar-refractivity contribution in [3.8, 4) is 0 Å². The minimum absolute atomic E-state index is 0.120. The van der Waals surface area contributed by atoms with Gasteiger partial charge in [0.1, 0.15) is 5.60 Å². The lowest BCUT2D eigenvalue weighted by atomic mass is 9.87. The maximum atomic E-state index is 11.5. The molecule has 6 heteroatoms. The van der Waals surface area contributed by atoms with E-state index in [1.54, 1.807) is 0 Å². The predicted octanol–water partition coefficient (Wildman–Crippen LogP) is 0.805. The van der Waals surface area contributed by atoms with Gasteiger partial charge in [-0.3, -0.25) is 4.79 Å². The van der Waals surface area contributed by atoms with E-state index in [1.807, 2.05) is 20.8 Å². The molecule has 1 saturated carbocycles. The van der Waals surface area contributed by atoms with Crippen molar-refractivity contribution >= 4 is 12.1 Å². The molecule has 0 aromatic rings. The van der Waals surface area contributed by atoms with Gasteiger partial charge in [0.15, 0.2) is 0 Å². The van der Waals surface area contributed by atoms with Gasteiger partial charge in [0, 0.05) is 12.1 Å². The van der Waals surface area contributed by atoms with Crippen LogP contribution in [0.5, 0.6) is 0 Å². The van der Waals surface area contributed by atoms with Crippen LogP contribution in [-0.2, 0) is 14.3 Å². The summed E-state index contributed by atoms with van der Waals surface area (Å²) < 4.78 is 9.67. The van der Waals surface area contributed by atoms with Crippen molar-refractivity contribution in [2.45, 2.75) is 51.3 Å². The first-order valence-electron chi connectivity index (χ1n) is 6.10. The summed E-state index contributed by atoms with van der Waals surface area (Å²) in [5, 5.41) is 5.84. The summed E-state index contributed by atoms with van der Waals surface area (Å²) in [5.41, 5.74) is -0.476. The highest BCUT2D eigenvalue weighted by Gasteiger charge is 2.31. The van der Waals surface area contributed by atoms with Crippen molar-refractivity contribution in [1.29, 1.82) is 0 Å². The van der Waals surface area contributed by atoms with E-state index < -0.39 is 5.60 Å². The smallest absolute Gasteiger partial charge is 0.407 e. The molecule has 1 aliphatic carbocycles. The number of ether oxygens (including phenoxy) is 2. The number of methoxy groups -OCH3 is 1. The van der Waals surface area contributed by atoms with Crippen LogP contribution in [0.15, 0.2) is 0 Å². The average molecular weight is 258 g/mol. The Morgan fingerprint density at radius 1 is 1.22 bits per heavy atom. The monoisotopic (exact) mass is 258 g/mol. The molecule has 2 N–H and O–H groups in total. The maximum absolute atomic E-state index is 11.5. The molecule has 1 amide bonds. The average Bonchev–Trinajstić information content (AvgIpc) is 2.17. The highest BCUT2D eigenvalue weighted by atomic mass is 16.6. The van der Waals surface area contributed by atoms with Crippen LogP contribution < -0.4 is 10.6 Å². The summed E-state index contributed by atoms with van der Waals surface area (Å²) in [4.78, 5) is 22.4. The Hall–Kier alpha value is -1.30. The topological polar surface area (TPSA) is 76.7 Å². The number of hydrogen-bond acceptors (Lipinski definition) is 5. The summed E-state index contributed by atoms with van der Waals surface area (Å²) in [7, 11) is 1.36. The van der Waals surface area contributed by atoms with E-state index in [0.29, 0.717) is 0 Å². The molecule has 1 rings (SSSR count). The van der Waals surface area contributed by atoms with Gasteiger partial charge in [-0.05, 0) is 33.6 Å². The molecule has 18 heavy (non-hydrogen) atoms. The largest absolute Gasteiger partial charge is 0.468 e. The minimum Gasteiger partial charge on any atom is -0.468 e. The van der Waals surface area contributed by atoms with Crippen molar-refractivity contribution in [3.63, 3.8) is 0 Å². The third kappa shape index (κ3) is 5.35. The zero-order valence-corrected chi connectivity index (χ0v) is 11.4. The molecule has 0 unspecified atom stereocenters. The molecular weight excluding hydrogens is 236 g/mol. The van der Waals surface area contributed by atoms with Crippen LogP contribution >= 0.6 is 0 Å². The Labute approximate surface area is 107 Å². The first-order chi connectivity index (χ1) is 8.30. The van der Waals surface area contributed by atoms with E-state index in [4.69, 9.17) is 4.74 Å². The number of nitrogens with one attached hydrogen (secondary N) is 2. The van der Waals surface area contributed by atoms with Crippen LogP contribution in [0.25, 0.3) is 0 Å². The number of esters is 1. The van der Waals surface area contributed by atoms with Crippen molar-refractivity contribution in [3.05, 3.63) is 0 Å². The number of amides is 1. The third-order valence-corrected chi connectivity index (χ3v) is 2.62. The van der Waals surface area contributed by atoms with Gasteiger partial charge in [0.05, 0.1) is 13.7 Å². The molecule has 1 aliphatic rings. The number of carbonyl (C=O) groups is 2. The van der Waals surface area contributed by atoms with Crippen LogP contribution in [-0.4, -0.2) is 43.4 Å². The number of rotatable bonds is 4. The molecular formula is C12H22N2O4. The zero-order valence-electron chi connectivity index (χ0n) is 11.4. The van der Waals surface area contributed by atoms with Crippen LogP contribution in [0.4, 0.5) is 4.79 Å². The fourth-order valence-electron chi connectivity index (χ4n) is 1.68. The molecule has 6 nitrogen and oxygen atoms in total. The predicted molar refractivity (Wildman–Crippen MR) is 66.2 cm³/mol. The third-order valence-electron chi connectivity index (χ3n) is 2.62. The summed E-state index contributed by atoms with van der Waals surface area (Å²) in [6.45, 7) is 5.69. The lowest BCUT2D eigenvalue weighted by molar-refractivity contribution is -0.139. The Morgan fingerprint density at radius 2 is 1.83 bits per heavy atom. The fraction of sp³-hybridized carbons (Fsp3) is 0.833. The van der Waals surface area contributed by atoms with Gasteiger partial charge in [-0.15, -0.1) is 0 Å². The van der Waals surface area contributed by atoms with Crippen molar-refractivity contribution in [2.75, 3.05) is 13.7 Å². The van der Waals surface area contributed by atoms with Crippen molar-refractivity contribution in [2.24, 2.45) is 0 Å². The molecule has 0 aromatic carbocycles. The molecule has 0 saturated heterocycles. The van der Waals surface area contributed by atoms with Gasteiger partial charge in [-0.25, -0.2) is 4.79 Å². The normalized spacial score (nSPS) is 22.9. The highest BCUT2D eigenvalue weighted by molar-refractivity contribution is 5.71. The Bertz CT molecular complexity index is 306. The minimum atomic E-state index is -0.476. The first-order valence-corrected chi connectivity index (χ1v) is 6.10. The second kappa shape index (κ2) is 6.04. The second-order valence-corrected chi connectivity index (χ2v) is 5.47. The Kier molecular flexibility index (Phi) is 4.95. The lowest BCUT2D eigenvalue weighted by Gasteiger charge is -2.36. The van der Waals surface area contributed by atoms with Gasteiger partial charge in [-0.1, -0.05) is 0 Å². The van der Waals surface area contributed by atoms with E-state index in [-0.39, 0.29) is 30.7 Å². The number of alkyl carbamates (subject to hydrolysis) is 1. The summed E-state index contributed by atoms with van der Waals surface area (Å²) in [5.74, 6) is -0.279. The van der Waals surface area contributed by atoms with E-state index >= 15 is 0 Å². The first kappa shape index (κ1) is 14.8. The highest BCUT2D eigenvalue weighted by Crippen LogP contribution is 2.20. The Balaban J connectivity index is 2.12. The number of carbonyl (C=O) groups excluding carboxylic acids is 2. The van der Waals surface area contributed by atoms with Gasteiger partial charge in [0.2, 0.25) is 0 Å². The molecule has 0 radical (unpaired) electrons. The molecule has 0 atom stereocenters. The molecule has 104 valence electrons. The molecule has 0 spiro atoms.